The van der Waals surface area contributed by atoms with Gasteiger partial charge in [0.1, 0.15) is 11.3 Å². The van der Waals surface area contributed by atoms with Crippen molar-refractivity contribution in [3.05, 3.63) is 60.0 Å². The first-order chi connectivity index (χ1) is 9.93. The number of rotatable bonds is 1. The van der Waals surface area contributed by atoms with Crippen LogP contribution in [0, 0.1) is 0 Å². The lowest BCUT2D eigenvalue weighted by Gasteiger charge is -1.97. The van der Waals surface area contributed by atoms with Gasteiger partial charge in [0.25, 0.3) is 0 Å². The molecule has 0 aliphatic carbocycles. The lowest BCUT2D eigenvalue weighted by molar-refractivity contribution is 1.33. The fourth-order valence-electron chi connectivity index (χ4n) is 3.02. The van der Waals surface area contributed by atoms with E-state index >= 15 is 0 Å². The van der Waals surface area contributed by atoms with Gasteiger partial charge in [0, 0.05) is 10.8 Å². The summed E-state index contributed by atoms with van der Waals surface area (Å²) in [6, 6.07) is 19.1. The van der Waals surface area contributed by atoms with Crippen molar-refractivity contribution >= 4 is 38.8 Å². The van der Waals surface area contributed by atoms with Crippen LogP contribution in [0.2, 0.25) is 0 Å². The highest BCUT2D eigenvalue weighted by molar-refractivity contribution is 7.13. The molecule has 0 amide bonds. The van der Waals surface area contributed by atoms with Crippen molar-refractivity contribution in [2.24, 2.45) is 0 Å². The van der Waals surface area contributed by atoms with E-state index in [0.29, 0.717) is 0 Å². The third-order valence-electron chi connectivity index (χ3n) is 3.86. The third-order valence-corrected chi connectivity index (χ3v) is 4.74. The number of hydrogen-bond acceptors (Lipinski definition) is 2. The average Bonchev–Trinajstić information content (AvgIpc) is 3.19. The van der Waals surface area contributed by atoms with E-state index in [1.807, 2.05) is 0 Å². The van der Waals surface area contributed by atoms with Crippen LogP contribution in [-0.4, -0.2) is 9.38 Å². The minimum Gasteiger partial charge on any atom is -0.292 e. The molecule has 0 aliphatic heterocycles. The van der Waals surface area contributed by atoms with Gasteiger partial charge >= 0.3 is 0 Å². The van der Waals surface area contributed by atoms with Gasteiger partial charge < -0.3 is 0 Å². The predicted octanol–water partition coefficient (Wildman–Crippen LogP) is 4.81. The van der Waals surface area contributed by atoms with Crippen molar-refractivity contribution < 1.29 is 0 Å². The Morgan fingerprint density at radius 2 is 1.65 bits per heavy atom. The molecule has 94 valence electrons. The fourth-order valence-corrected chi connectivity index (χ4v) is 3.75. The van der Waals surface area contributed by atoms with Crippen molar-refractivity contribution in [1.82, 2.24) is 9.38 Å². The average molecular weight is 274 g/mol. The summed E-state index contributed by atoms with van der Waals surface area (Å²) < 4.78 is 2.28. The topological polar surface area (TPSA) is 17.3 Å². The van der Waals surface area contributed by atoms with E-state index in [9.17, 15) is 0 Å². The van der Waals surface area contributed by atoms with Crippen LogP contribution in [0.5, 0.6) is 0 Å². The summed E-state index contributed by atoms with van der Waals surface area (Å²) in [6.45, 7) is 0. The number of aromatic nitrogens is 2. The minimum absolute atomic E-state index is 1.06. The van der Waals surface area contributed by atoms with Gasteiger partial charge in [-0.05, 0) is 23.6 Å². The van der Waals surface area contributed by atoms with Gasteiger partial charge in [-0.2, -0.15) is 0 Å². The van der Waals surface area contributed by atoms with Crippen molar-refractivity contribution in [2.45, 2.75) is 0 Å². The van der Waals surface area contributed by atoms with Crippen molar-refractivity contribution in [3.8, 4) is 10.6 Å². The molecule has 0 spiro atoms. The van der Waals surface area contributed by atoms with Gasteiger partial charge in [-0.3, -0.25) is 4.40 Å². The molecule has 0 N–H and O–H groups in total. The highest BCUT2D eigenvalue weighted by atomic mass is 32.1. The zero-order valence-electron chi connectivity index (χ0n) is 10.6. The first-order valence-electron chi connectivity index (χ1n) is 6.58. The molecule has 20 heavy (non-hydrogen) atoms. The molecule has 4 aromatic heterocycles. The number of fused-ring (bicyclic) bond motifs is 3. The molecule has 0 unspecified atom stereocenters. The highest BCUT2D eigenvalue weighted by Crippen LogP contribution is 2.36. The van der Waals surface area contributed by atoms with E-state index in [1.165, 1.54) is 26.7 Å². The Morgan fingerprint density at radius 1 is 0.800 bits per heavy atom. The van der Waals surface area contributed by atoms with E-state index in [4.69, 9.17) is 4.98 Å². The zero-order chi connectivity index (χ0) is 13.1. The third kappa shape index (κ3) is 1.16. The molecule has 0 atom stereocenters. The van der Waals surface area contributed by atoms with Gasteiger partial charge in [0.2, 0.25) is 0 Å². The summed E-state index contributed by atoms with van der Waals surface area (Å²) in [4.78, 5) is 6.14. The maximum Gasteiger partial charge on any atom is 0.146 e. The van der Waals surface area contributed by atoms with E-state index in [-0.39, 0.29) is 0 Å². The van der Waals surface area contributed by atoms with Crippen LogP contribution in [0.25, 0.3) is 38.0 Å². The summed E-state index contributed by atoms with van der Waals surface area (Å²) in [6.07, 6.45) is 0. The summed E-state index contributed by atoms with van der Waals surface area (Å²) in [5.41, 5.74) is 4.58. The molecule has 0 saturated carbocycles. The quantitative estimate of drug-likeness (QED) is 0.429. The first kappa shape index (κ1) is 10.4. The molecule has 0 radical (unpaired) electrons. The standard InChI is InChI=1S/C17H10N2S/c1-2-6-12-11(5-1)13-7-3-8-14-16(15-9-4-10-20-15)18-17(12)19(13)14/h1-10H. The molecule has 5 rings (SSSR count). The molecule has 0 aliphatic rings. The zero-order valence-corrected chi connectivity index (χ0v) is 11.4. The first-order valence-corrected chi connectivity index (χ1v) is 7.46. The van der Waals surface area contributed by atoms with Crippen molar-refractivity contribution in [3.63, 3.8) is 0 Å². The molecule has 0 fully saturated rings. The number of pyridine rings is 1. The lowest BCUT2D eigenvalue weighted by atomic mass is 10.2. The Hall–Kier alpha value is -2.39. The second-order valence-corrected chi connectivity index (χ2v) is 5.89. The molecule has 1 aromatic carbocycles. The van der Waals surface area contributed by atoms with E-state index in [0.717, 1.165) is 11.3 Å². The van der Waals surface area contributed by atoms with Gasteiger partial charge in [-0.15, -0.1) is 11.3 Å². The van der Waals surface area contributed by atoms with E-state index in [2.05, 4.69) is 64.4 Å². The van der Waals surface area contributed by atoms with Crippen LogP contribution in [0.4, 0.5) is 0 Å². The lowest BCUT2D eigenvalue weighted by Crippen LogP contribution is -1.81. The second kappa shape index (κ2) is 3.58. The summed E-state index contributed by atoms with van der Waals surface area (Å²) in [5.74, 6) is 0. The number of thiophene rings is 1. The van der Waals surface area contributed by atoms with Crippen LogP contribution in [-0.2, 0) is 0 Å². The van der Waals surface area contributed by atoms with Gasteiger partial charge in [-0.25, -0.2) is 4.98 Å². The molecule has 5 aromatic rings. The largest absolute Gasteiger partial charge is 0.292 e. The molecular weight excluding hydrogens is 264 g/mol. The molecule has 0 saturated heterocycles. The molecular formula is C17H10N2S. The van der Waals surface area contributed by atoms with Gasteiger partial charge in [0.05, 0.1) is 15.9 Å². The number of nitrogens with zero attached hydrogens (tertiary/aromatic N) is 2. The van der Waals surface area contributed by atoms with Crippen LogP contribution < -0.4 is 0 Å². The van der Waals surface area contributed by atoms with Crippen molar-refractivity contribution in [2.75, 3.05) is 0 Å². The van der Waals surface area contributed by atoms with Gasteiger partial charge in [0.15, 0.2) is 0 Å². The summed E-state index contributed by atoms with van der Waals surface area (Å²) in [7, 11) is 0. The Labute approximate surface area is 119 Å². The maximum absolute atomic E-state index is 4.92. The SMILES string of the molecule is c1csc(-c2nc3c4ccccc4c4cccc2n43)c1. The Kier molecular flexibility index (Phi) is 1.86. The summed E-state index contributed by atoms with van der Waals surface area (Å²) >= 11 is 1.74. The Bertz CT molecular complexity index is 1040. The fraction of sp³-hybridized carbons (Fsp3) is 0. The maximum atomic E-state index is 4.92. The Balaban J connectivity index is 2.06. The van der Waals surface area contributed by atoms with Gasteiger partial charge in [-0.1, -0.05) is 36.4 Å². The normalized spacial score (nSPS) is 12.0. The minimum atomic E-state index is 1.06. The monoisotopic (exact) mass is 274 g/mol. The molecule has 2 nitrogen and oxygen atoms in total. The molecule has 3 heteroatoms. The van der Waals surface area contributed by atoms with Crippen LogP contribution in [0.15, 0.2) is 60.0 Å². The van der Waals surface area contributed by atoms with Crippen LogP contribution in [0.1, 0.15) is 0 Å². The number of imidazole rings is 1. The van der Waals surface area contributed by atoms with E-state index in [1.54, 1.807) is 11.3 Å². The predicted molar refractivity (Wildman–Crippen MR) is 84.7 cm³/mol. The molecule has 0 bridgehead atoms. The van der Waals surface area contributed by atoms with Crippen LogP contribution in [0.3, 0.4) is 0 Å². The van der Waals surface area contributed by atoms with Crippen LogP contribution >= 0.6 is 11.3 Å². The number of benzene rings is 1. The summed E-state index contributed by atoms with van der Waals surface area (Å²) in [5, 5.41) is 4.61. The molecule has 4 heterocycles. The van der Waals surface area contributed by atoms with Crippen molar-refractivity contribution in [1.29, 1.82) is 0 Å². The smallest absolute Gasteiger partial charge is 0.146 e. The highest BCUT2D eigenvalue weighted by Gasteiger charge is 2.17. The number of hydrogen-bond donors (Lipinski definition) is 0. The Morgan fingerprint density at radius 3 is 2.50 bits per heavy atom. The van der Waals surface area contributed by atoms with E-state index < -0.39 is 0 Å². The second-order valence-electron chi connectivity index (χ2n) is 4.94.